The third kappa shape index (κ3) is 8.65. The standard InChI is InChI=1S/C19H46N2O4Si3/c1-22-27(7,8)18-9-12-20(13-10-19-28(23-2,24-3)25-4)15-16-21-14-11-17-26(21,5)6/h9-19H2,1-8H3. The van der Waals surface area contributed by atoms with Crippen LogP contribution in [-0.2, 0) is 17.7 Å². The van der Waals surface area contributed by atoms with Gasteiger partial charge in [-0.05, 0) is 64.1 Å². The average Bonchev–Trinajstić information content (AvgIpc) is 3.01. The van der Waals surface area contributed by atoms with Crippen LogP contribution in [0.4, 0.5) is 0 Å². The maximum Gasteiger partial charge on any atom is 0.500 e. The lowest BCUT2D eigenvalue weighted by molar-refractivity contribution is 0.121. The van der Waals surface area contributed by atoms with Crippen LogP contribution in [-0.4, -0.2) is 96.0 Å². The van der Waals surface area contributed by atoms with Gasteiger partial charge in [0.15, 0.2) is 8.32 Å². The van der Waals surface area contributed by atoms with Crippen LogP contribution >= 0.6 is 0 Å². The molecule has 1 rings (SSSR count). The van der Waals surface area contributed by atoms with Gasteiger partial charge in [0.25, 0.3) is 0 Å². The summed E-state index contributed by atoms with van der Waals surface area (Å²) in [4.78, 5) is 2.64. The molecule has 0 unspecified atom stereocenters. The topological polar surface area (TPSA) is 43.4 Å². The Balaban J connectivity index is 2.56. The molecular weight excluding hydrogens is 404 g/mol. The first-order chi connectivity index (χ1) is 13.1. The fourth-order valence-electron chi connectivity index (χ4n) is 4.08. The van der Waals surface area contributed by atoms with E-state index in [0.717, 1.165) is 32.1 Å². The van der Waals surface area contributed by atoms with Gasteiger partial charge in [-0.2, -0.15) is 0 Å². The van der Waals surface area contributed by atoms with Crippen molar-refractivity contribution in [2.24, 2.45) is 0 Å². The van der Waals surface area contributed by atoms with Crippen molar-refractivity contribution in [2.75, 3.05) is 61.2 Å². The van der Waals surface area contributed by atoms with Gasteiger partial charge in [0, 0.05) is 47.6 Å². The van der Waals surface area contributed by atoms with Crippen LogP contribution in [0.2, 0.25) is 44.3 Å². The lowest BCUT2D eigenvalue weighted by atomic mass is 10.3. The lowest BCUT2D eigenvalue weighted by Crippen LogP contribution is -2.47. The molecule has 0 spiro atoms. The van der Waals surface area contributed by atoms with Crippen LogP contribution < -0.4 is 0 Å². The van der Waals surface area contributed by atoms with E-state index in [2.05, 4.69) is 35.7 Å². The van der Waals surface area contributed by atoms with Gasteiger partial charge in [-0.1, -0.05) is 13.1 Å². The molecule has 0 N–H and O–H groups in total. The summed E-state index contributed by atoms with van der Waals surface area (Å²) in [5.74, 6) is 0. The lowest BCUT2D eigenvalue weighted by Gasteiger charge is -2.33. The summed E-state index contributed by atoms with van der Waals surface area (Å²) in [6, 6.07) is 3.54. The molecule has 1 fully saturated rings. The molecule has 0 aromatic carbocycles. The van der Waals surface area contributed by atoms with Crippen LogP contribution in [0.25, 0.3) is 0 Å². The van der Waals surface area contributed by atoms with Gasteiger partial charge >= 0.3 is 8.80 Å². The second-order valence-electron chi connectivity index (χ2n) is 9.21. The molecule has 1 aliphatic heterocycles. The molecule has 0 bridgehead atoms. The third-order valence-electron chi connectivity index (χ3n) is 6.45. The Morgan fingerprint density at radius 3 is 1.89 bits per heavy atom. The molecule has 1 saturated heterocycles. The molecule has 168 valence electrons. The zero-order valence-electron chi connectivity index (χ0n) is 19.8. The van der Waals surface area contributed by atoms with Crippen LogP contribution in [0.1, 0.15) is 19.3 Å². The number of rotatable bonds is 15. The number of hydrogen-bond donors (Lipinski definition) is 0. The SMILES string of the molecule is CO[Si](C)(C)CCCN(CCC[Si](OC)(OC)OC)CCN1CCC[Si]1(C)C. The van der Waals surface area contributed by atoms with Crippen LogP contribution in [0.3, 0.4) is 0 Å². The molecular formula is C19H46N2O4Si3. The van der Waals surface area contributed by atoms with Crippen molar-refractivity contribution in [3.05, 3.63) is 0 Å². The van der Waals surface area contributed by atoms with E-state index in [-0.39, 0.29) is 0 Å². The predicted octanol–water partition coefficient (Wildman–Crippen LogP) is 3.71. The Kier molecular flexibility index (Phi) is 11.6. The first-order valence-electron chi connectivity index (χ1n) is 10.8. The monoisotopic (exact) mass is 450 g/mol. The Bertz CT molecular complexity index is 429. The molecule has 1 heterocycles. The molecule has 28 heavy (non-hydrogen) atoms. The van der Waals surface area contributed by atoms with Gasteiger partial charge in [0.1, 0.15) is 8.24 Å². The highest BCUT2D eigenvalue weighted by Gasteiger charge is 2.37. The third-order valence-corrected chi connectivity index (χ3v) is 15.7. The zero-order chi connectivity index (χ0) is 21.3. The highest BCUT2D eigenvalue weighted by atomic mass is 28.4. The quantitative estimate of drug-likeness (QED) is 0.354. The van der Waals surface area contributed by atoms with E-state index in [1.54, 1.807) is 21.3 Å². The highest BCUT2D eigenvalue weighted by molar-refractivity contribution is 6.75. The normalized spacial score (nSPS) is 18.3. The predicted molar refractivity (Wildman–Crippen MR) is 125 cm³/mol. The van der Waals surface area contributed by atoms with E-state index >= 15 is 0 Å². The second kappa shape index (κ2) is 12.3. The number of hydrogen-bond acceptors (Lipinski definition) is 6. The minimum absolute atomic E-state index is 0.870. The van der Waals surface area contributed by atoms with Crippen LogP contribution in [0.15, 0.2) is 0 Å². The second-order valence-corrected chi connectivity index (χ2v) is 21.5. The largest absolute Gasteiger partial charge is 0.500 e. The molecule has 9 heteroatoms. The summed E-state index contributed by atoms with van der Waals surface area (Å²) < 4.78 is 25.3. The van der Waals surface area contributed by atoms with Gasteiger partial charge in [-0.15, -0.1) is 0 Å². The van der Waals surface area contributed by atoms with Crippen LogP contribution in [0, 0.1) is 0 Å². The first kappa shape index (κ1) is 26.4. The highest BCUT2D eigenvalue weighted by Crippen LogP contribution is 2.25. The molecule has 0 amide bonds. The molecule has 0 atom stereocenters. The van der Waals surface area contributed by atoms with Crippen molar-refractivity contribution in [3.8, 4) is 0 Å². The fourth-order valence-corrected chi connectivity index (χ4v) is 9.81. The Labute approximate surface area is 177 Å². The van der Waals surface area contributed by atoms with Crippen molar-refractivity contribution >= 4 is 25.4 Å². The van der Waals surface area contributed by atoms with Crippen LogP contribution in [0.5, 0.6) is 0 Å². The van der Waals surface area contributed by atoms with Gasteiger partial charge in [0.2, 0.25) is 0 Å². The molecule has 0 aromatic heterocycles. The number of nitrogens with zero attached hydrogens (tertiary/aromatic N) is 2. The van der Waals surface area contributed by atoms with E-state index in [0.29, 0.717) is 0 Å². The fraction of sp³-hybridized carbons (Fsp3) is 1.00. The zero-order valence-corrected chi connectivity index (χ0v) is 22.8. The van der Waals surface area contributed by atoms with E-state index in [4.69, 9.17) is 17.7 Å². The maximum atomic E-state index is 5.73. The summed E-state index contributed by atoms with van der Waals surface area (Å²) in [5.41, 5.74) is 0. The minimum atomic E-state index is -2.47. The summed E-state index contributed by atoms with van der Waals surface area (Å²) in [6.07, 6.45) is 3.65. The molecule has 0 radical (unpaired) electrons. The van der Waals surface area contributed by atoms with Crippen molar-refractivity contribution < 1.29 is 17.7 Å². The molecule has 0 aliphatic carbocycles. The average molecular weight is 451 g/mol. The van der Waals surface area contributed by atoms with Gasteiger partial charge in [0.05, 0.1) is 0 Å². The Morgan fingerprint density at radius 1 is 0.857 bits per heavy atom. The van der Waals surface area contributed by atoms with E-state index < -0.39 is 25.4 Å². The molecule has 0 saturated carbocycles. The summed E-state index contributed by atoms with van der Waals surface area (Å²) in [5, 5.41) is 0. The smallest absolute Gasteiger partial charge is 0.420 e. The van der Waals surface area contributed by atoms with E-state index in [1.165, 1.54) is 38.0 Å². The van der Waals surface area contributed by atoms with Crippen molar-refractivity contribution in [1.82, 2.24) is 9.47 Å². The Hall–Kier alpha value is 0.411. The van der Waals surface area contributed by atoms with Crippen molar-refractivity contribution in [2.45, 2.75) is 63.6 Å². The Morgan fingerprint density at radius 2 is 1.43 bits per heavy atom. The van der Waals surface area contributed by atoms with E-state index in [9.17, 15) is 0 Å². The van der Waals surface area contributed by atoms with Crippen molar-refractivity contribution in [3.63, 3.8) is 0 Å². The van der Waals surface area contributed by atoms with E-state index in [1.807, 2.05) is 7.11 Å². The van der Waals surface area contributed by atoms with Gasteiger partial charge in [-0.25, -0.2) is 0 Å². The first-order valence-corrected chi connectivity index (χ1v) is 19.0. The van der Waals surface area contributed by atoms with Crippen molar-refractivity contribution in [1.29, 1.82) is 0 Å². The minimum Gasteiger partial charge on any atom is -0.420 e. The molecule has 6 nitrogen and oxygen atoms in total. The van der Waals surface area contributed by atoms with Gasteiger partial charge < -0.3 is 27.2 Å². The summed E-state index contributed by atoms with van der Waals surface area (Å²) >= 11 is 0. The van der Waals surface area contributed by atoms with Gasteiger partial charge in [-0.3, -0.25) is 0 Å². The maximum absolute atomic E-state index is 5.73. The molecule has 0 aromatic rings. The summed E-state index contributed by atoms with van der Waals surface area (Å²) in [7, 11) is 1.89. The molecule has 1 aliphatic rings. The summed E-state index contributed by atoms with van der Waals surface area (Å²) in [6.45, 7) is 15.6.